The fourth-order valence-electron chi connectivity index (χ4n) is 3.05. The molecule has 32 heavy (non-hydrogen) atoms. The number of methoxy groups -OCH3 is 1. The lowest BCUT2D eigenvalue weighted by molar-refractivity contribution is -0.148. The molecule has 0 radical (unpaired) electrons. The van der Waals surface area contributed by atoms with Gasteiger partial charge in [-0.15, -0.1) is 0 Å². The predicted octanol–water partition coefficient (Wildman–Crippen LogP) is 3.99. The molecule has 3 rings (SSSR count). The van der Waals surface area contributed by atoms with Gasteiger partial charge in [0.05, 0.1) is 0 Å². The number of ether oxygens (including phenoxy) is 2. The van der Waals surface area contributed by atoms with Gasteiger partial charge >= 0.3 is 5.97 Å². The maximum absolute atomic E-state index is 11.0. The minimum absolute atomic E-state index is 0.214. The summed E-state index contributed by atoms with van der Waals surface area (Å²) >= 11 is 0. The summed E-state index contributed by atoms with van der Waals surface area (Å²) in [6.45, 7) is 0.214. The van der Waals surface area contributed by atoms with Crippen LogP contribution in [0.15, 0.2) is 84.0 Å². The lowest BCUT2D eigenvalue weighted by atomic mass is 10.0. The quantitative estimate of drug-likeness (QED) is 0.245. The molecular formula is C26H23NO5. The second-order valence-corrected chi connectivity index (χ2v) is 6.89. The first-order chi connectivity index (χ1) is 15.6. The van der Waals surface area contributed by atoms with Gasteiger partial charge in [-0.25, -0.2) is 4.79 Å². The zero-order chi connectivity index (χ0) is 22.8. The summed E-state index contributed by atoms with van der Waals surface area (Å²) in [5.74, 6) is 5.65. The molecule has 3 aromatic carbocycles. The number of nitrogens with zero attached hydrogens (tertiary/aromatic N) is 1. The molecule has 0 heterocycles. The van der Waals surface area contributed by atoms with Gasteiger partial charge in [-0.05, 0) is 42.0 Å². The third kappa shape index (κ3) is 6.21. The van der Waals surface area contributed by atoms with Gasteiger partial charge < -0.3 is 19.8 Å². The first kappa shape index (κ1) is 22.6. The summed E-state index contributed by atoms with van der Waals surface area (Å²) in [4.78, 5) is 11.0. The van der Waals surface area contributed by atoms with Crippen LogP contribution in [0.3, 0.4) is 0 Å². The summed E-state index contributed by atoms with van der Waals surface area (Å²) in [5.41, 5.74) is 3.75. The number of carboxylic acids is 1. The summed E-state index contributed by atoms with van der Waals surface area (Å²) < 4.78 is 10.6. The Hall–Kier alpha value is -4.08. The van der Waals surface area contributed by atoms with Crippen LogP contribution in [0.25, 0.3) is 0 Å². The molecule has 1 atom stereocenters. The highest BCUT2D eigenvalue weighted by atomic mass is 16.5. The SMILES string of the molecule is CO[C@@H](Cc1ccc(C#CCOc2ccc(C(=NO)c3ccccc3)cc2)cc1)C(=O)O. The Balaban J connectivity index is 1.54. The van der Waals surface area contributed by atoms with Crippen molar-refractivity contribution in [2.75, 3.05) is 13.7 Å². The molecule has 6 heteroatoms. The standard InChI is InChI=1S/C26H23NO5/c1-31-24(26(28)29)18-20-11-9-19(10-12-20)6-5-17-32-23-15-13-22(14-16-23)25(27-30)21-7-3-2-4-8-21/h2-4,7-16,24,30H,17-18H2,1H3,(H,28,29)/t24-/m0/s1. The average Bonchev–Trinajstić information content (AvgIpc) is 2.83. The van der Waals surface area contributed by atoms with Crippen LogP contribution < -0.4 is 4.74 Å². The summed E-state index contributed by atoms with van der Waals surface area (Å²) in [6.07, 6.45) is -0.565. The van der Waals surface area contributed by atoms with E-state index in [2.05, 4.69) is 17.0 Å². The summed E-state index contributed by atoms with van der Waals surface area (Å²) in [6, 6.07) is 24.0. The van der Waals surface area contributed by atoms with Crippen molar-refractivity contribution in [3.8, 4) is 17.6 Å². The topological polar surface area (TPSA) is 88.4 Å². The van der Waals surface area contributed by atoms with Gasteiger partial charge in [-0.3, -0.25) is 0 Å². The highest BCUT2D eigenvalue weighted by Gasteiger charge is 2.16. The molecule has 0 amide bonds. The van der Waals surface area contributed by atoms with Crippen molar-refractivity contribution in [1.29, 1.82) is 0 Å². The van der Waals surface area contributed by atoms with Crippen molar-refractivity contribution in [1.82, 2.24) is 0 Å². The van der Waals surface area contributed by atoms with Crippen LogP contribution in [0.2, 0.25) is 0 Å². The Labute approximate surface area is 186 Å². The monoisotopic (exact) mass is 429 g/mol. The predicted molar refractivity (Wildman–Crippen MR) is 121 cm³/mol. The Morgan fingerprint density at radius 2 is 1.62 bits per heavy atom. The second kappa shape index (κ2) is 11.3. The minimum Gasteiger partial charge on any atom is -0.481 e. The normalized spacial score (nSPS) is 11.8. The van der Waals surface area contributed by atoms with Gasteiger partial charge in [-0.2, -0.15) is 0 Å². The van der Waals surface area contributed by atoms with E-state index in [1.807, 2.05) is 66.7 Å². The number of hydrogen-bond acceptors (Lipinski definition) is 5. The number of rotatable bonds is 8. The van der Waals surface area contributed by atoms with E-state index in [0.717, 1.165) is 22.3 Å². The third-order valence-electron chi connectivity index (χ3n) is 4.75. The average molecular weight is 429 g/mol. The Morgan fingerprint density at radius 1 is 0.969 bits per heavy atom. The number of benzene rings is 3. The van der Waals surface area contributed by atoms with Gasteiger partial charge in [0, 0.05) is 30.2 Å². The number of carboxylic acid groups (broad SMARTS) is 1. The zero-order valence-electron chi connectivity index (χ0n) is 17.6. The van der Waals surface area contributed by atoms with E-state index in [0.29, 0.717) is 17.9 Å². The fraction of sp³-hybridized carbons (Fsp3) is 0.154. The van der Waals surface area contributed by atoms with Crippen molar-refractivity contribution in [2.24, 2.45) is 5.16 Å². The molecule has 162 valence electrons. The maximum atomic E-state index is 11.0. The first-order valence-corrected chi connectivity index (χ1v) is 9.95. The van der Waals surface area contributed by atoms with Gasteiger partial charge in [0.15, 0.2) is 6.10 Å². The van der Waals surface area contributed by atoms with Gasteiger partial charge in [0.1, 0.15) is 18.1 Å². The molecule has 2 N–H and O–H groups in total. The Morgan fingerprint density at radius 3 is 2.22 bits per heavy atom. The molecule has 0 saturated carbocycles. The molecule has 0 aliphatic heterocycles. The van der Waals surface area contributed by atoms with Crippen LogP contribution in [-0.2, 0) is 16.0 Å². The second-order valence-electron chi connectivity index (χ2n) is 6.89. The molecule has 3 aromatic rings. The van der Waals surface area contributed by atoms with E-state index >= 15 is 0 Å². The third-order valence-corrected chi connectivity index (χ3v) is 4.75. The summed E-state index contributed by atoms with van der Waals surface area (Å²) in [5, 5.41) is 21.9. The van der Waals surface area contributed by atoms with Crippen LogP contribution in [0.5, 0.6) is 5.75 Å². The van der Waals surface area contributed by atoms with Crippen molar-refractivity contribution in [3.63, 3.8) is 0 Å². The highest BCUT2D eigenvalue weighted by Crippen LogP contribution is 2.16. The van der Waals surface area contributed by atoms with Crippen LogP contribution in [0.4, 0.5) is 0 Å². The first-order valence-electron chi connectivity index (χ1n) is 9.95. The Bertz CT molecular complexity index is 1110. The van der Waals surface area contributed by atoms with E-state index in [-0.39, 0.29) is 6.61 Å². The molecule has 6 nitrogen and oxygen atoms in total. The fourth-order valence-corrected chi connectivity index (χ4v) is 3.05. The molecule has 0 saturated heterocycles. The van der Waals surface area contributed by atoms with Crippen molar-refractivity contribution in [3.05, 3.63) is 101 Å². The van der Waals surface area contributed by atoms with Crippen molar-refractivity contribution < 1.29 is 24.6 Å². The molecule has 0 unspecified atom stereocenters. The van der Waals surface area contributed by atoms with E-state index in [1.54, 1.807) is 12.1 Å². The molecule has 0 bridgehead atoms. The molecule has 0 spiro atoms. The van der Waals surface area contributed by atoms with Crippen molar-refractivity contribution >= 4 is 11.7 Å². The molecule has 0 aromatic heterocycles. The smallest absolute Gasteiger partial charge is 0.333 e. The number of carbonyl (C=O) groups is 1. The van der Waals surface area contributed by atoms with Crippen LogP contribution in [0.1, 0.15) is 22.3 Å². The van der Waals surface area contributed by atoms with Crippen LogP contribution >= 0.6 is 0 Å². The van der Waals surface area contributed by atoms with Crippen molar-refractivity contribution in [2.45, 2.75) is 12.5 Å². The zero-order valence-corrected chi connectivity index (χ0v) is 17.6. The Kier molecular flexibility index (Phi) is 8.02. The van der Waals surface area contributed by atoms with E-state index in [4.69, 9.17) is 14.6 Å². The number of oxime groups is 1. The van der Waals surface area contributed by atoms with Crippen LogP contribution in [-0.4, -0.2) is 41.8 Å². The van der Waals surface area contributed by atoms with E-state index in [9.17, 15) is 10.0 Å². The lowest BCUT2D eigenvalue weighted by Crippen LogP contribution is -2.24. The van der Waals surface area contributed by atoms with Gasteiger partial charge in [0.25, 0.3) is 0 Å². The van der Waals surface area contributed by atoms with Gasteiger partial charge in [-0.1, -0.05) is 59.5 Å². The number of aliphatic carboxylic acids is 1. The molecule has 0 aliphatic carbocycles. The largest absolute Gasteiger partial charge is 0.481 e. The number of hydrogen-bond donors (Lipinski definition) is 2. The molecular weight excluding hydrogens is 406 g/mol. The summed E-state index contributed by atoms with van der Waals surface area (Å²) in [7, 11) is 1.38. The molecule has 0 aliphatic rings. The lowest BCUT2D eigenvalue weighted by Gasteiger charge is -2.10. The van der Waals surface area contributed by atoms with Crippen LogP contribution in [0, 0.1) is 11.8 Å². The minimum atomic E-state index is -0.985. The van der Waals surface area contributed by atoms with E-state index in [1.165, 1.54) is 7.11 Å². The maximum Gasteiger partial charge on any atom is 0.333 e. The van der Waals surface area contributed by atoms with E-state index < -0.39 is 12.1 Å². The highest BCUT2D eigenvalue weighted by molar-refractivity contribution is 6.12. The molecule has 0 fully saturated rings. The van der Waals surface area contributed by atoms with Gasteiger partial charge in [0.2, 0.25) is 0 Å².